The first kappa shape index (κ1) is 16.2. The quantitative estimate of drug-likeness (QED) is 0.829. The number of benzene rings is 1. The number of hydrogen-bond donors (Lipinski definition) is 1. The molecule has 1 N–H and O–H groups in total. The topological polar surface area (TPSA) is 64.1 Å². The number of para-hydroxylation sites is 1. The summed E-state index contributed by atoms with van der Waals surface area (Å²) in [6, 6.07) is 7.51. The molecule has 5 nitrogen and oxygen atoms in total. The van der Waals surface area contributed by atoms with Gasteiger partial charge in [-0.2, -0.15) is 0 Å². The van der Waals surface area contributed by atoms with Gasteiger partial charge in [0.05, 0.1) is 7.11 Å². The van der Waals surface area contributed by atoms with Crippen LogP contribution in [0.3, 0.4) is 0 Å². The van der Waals surface area contributed by atoms with Gasteiger partial charge in [-0.25, -0.2) is 0 Å². The van der Waals surface area contributed by atoms with Gasteiger partial charge in [0, 0.05) is 18.1 Å². The first-order chi connectivity index (χ1) is 10.6. The highest BCUT2D eigenvalue weighted by Gasteiger charge is 2.08. The van der Waals surface area contributed by atoms with E-state index in [1.165, 1.54) is 17.4 Å². The fourth-order valence-electron chi connectivity index (χ4n) is 1.85. The van der Waals surface area contributed by atoms with Gasteiger partial charge in [-0.3, -0.25) is 10.1 Å². The Morgan fingerprint density at radius 3 is 2.86 bits per heavy atom. The summed E-state index contributed by atoms with van der Waals surface area (Å²) in [6.45, 7) is 4.24. The third-order valence-electron chi connectivity index (χ3n) is 2.83. The second-order valence-electron chi connectivity index (χ2n) is 5.16. The lowest BCUT2D eigenvalue weighted by Gasteiger charge is -2.03. The van der Waals surface area contributed by atoms with Crippen molar-refractivity contribution in [2.24, 2.45) is 5.92 Å². The molecule has 0 aliphatic carbocycles. The highest BCUT2D eigenvalue weighted by atomic mass is 32.1. The van der Waals surface area contributed by atoms with E-state index in [0.29, 0.717) is 11.0 Å². The summed E-state index contributed by atoms with van der Waals surface area (Å²) in [5, 5.41) is 12.2. The summed E-state index contributed by atoms with van der Waals surface area (Å²) in [4.78, 5) is 11.9. The maximum atomic E-state index is 11.9. The summed E-state index contributed by atoms with van der Waals surface area (Å²) in [7, 11) is 1.60. The second-order valence-corrected chi connectivity index (χ2v) is 6.23. The van der Waals surface area contributed by atoms with Crippen LogP contribution < -0.4 is 10.1 Å². The number of rotatable bonds is 6. The third kappa shape index (κ3) is 4.66. The molecule has 2 rings (SSSR count). The molecular weight excluding hydrogens is 298 g/mol. The Morgan fingerprint density at radius 1 is 1.36 bits per heavy atom. The Kier molecular flexibility index (Phi) is 5.66. The minimum absolute atomic E-state index is 0.238. The van der Waals surface area contributed by atoms with Gasteiger partial charge in [-0.1, -0.05) is 43.4 Å². The van der Waals surface area contributed by atoms with Crippen LogP contribution in [0.25, 0.3) is 6.08 Å². The number of nitrogens with one attached hydrogen (secondary N) is 1. The van der Waals surface area contributed by atoms with Crippen LogP contribution in [0.1, 0.15) is 24.4 Å². The standard InChI is InChI=1S/C16H19N3O2S/c1-11(2)10-15-18-19-16(22-15)17-14(20)9-8-12-6-4-5-7-13(12)21-3/h4-9,11H,10H2,1-3H3,(H,17,19,20)/b9-8+. The van der Waals surface area contributed by atoms with Crippen molar-refractivity contribution in [1.29, 1.82) is 0 Å². The average Bonchev–Trinajstić information content (AvgIpc) is 2.91. The molecule has 0 atom stereocenters. The molecule has 1 aromatic heterocycles. The summed E-state index contributed by atoms with van der Waals surface area (Å²) in [5.41, 5.74) is 0.845. The molecule has 0 spiro atoms. The number of carbonyl (C=O) groups is 1. The fourth-order valence-corrected chi connectivity index (χ4v) is 2.81. The highest BCUT2D eigenvalue weighted by Crippen LogP contribution is 2.20. The molecule has 0 unspecified atom stereocenters. The van der Waals surface area contributed by atoms with Crippen molar-refractivity contribution >= 4 is 28.5 Å². The Hall–Kier alpha value is -2.21. The van der Waals surface area contributed by atoms with E-state index < -0.39 is 0 Å². The molecule has 1 aromatic carbocycles. The SMILES string of the molecule is COc1ccccc1/C=C/C(=O)Nc1nnc(CC(C)C)s1. The Bertz CT molecular complexity index is 665. The predicted octanol–water partition coefficient (Wildman–Crippen LogP) is 3.40. The first-order valence-electron chi connectivity index (χ1n) is 7.03. The van der Waals surface area contributed by atoms with Crippen molar-refractivity contribution in [3.05, 3.63) is 40.9 Å². The van der Waals surface area contributed by atoms with Crippen LogP contribution >= 0.6 is 11.3 Å². The van der Waals surface area contributed by atoms with E-state index in [9.17, 15) is 4.79 Å². The molecule has 2 aromatic rings. The fraction of sp³-hybridized carbons (Fsp3) is 0.312. The monoisotopic (exact) mass is 317 g/mol. The van der Waals surface area contributed by atoms with Gasteiger partial charge in [0.2, 0.25) is 11.0 Å². The van der Waals surface area contributed by atoms with Gasteiger partial charge in [0.15, 0.2) is 0 Å². The van der Waals surface area contributed by atoms with Crippen LogP contribution in [0.2, 0.25) is 0 Å². The maximum absolute atomic E-state index is 11.9. The second kappa shape index (κ2) is 7.70. The van der Waals surface area contributed by atoms with Crippen molar-refractivity contribution in [3.8, 4) is 5.75 Å². The van der Waals surface area contributed by atoms with Crippen molar-refractivity contribution in [1.82, 2.24) is 10.2 Å². The Labute approximate surface area is 134 Å². The van der Waals surface area contributed by atoms with E-state index in [1.807, 2.05) is 24.3 Å². The lowest BCUT2D eigenvalue weighted by molar-refractivity contribution is -0.111. The molecule has 0 saturated carbocycles. The third-order valence-corrected chi connectivity index (χ3v) is 3.69. The van der Waals surface area contributed by atoms with Crippen LogP contribution in [-0.2, 0) is 11.2 Å². The van der Waals surface area contributed by atoms with Gasteiger partial charge < -0.3 is 4.74 Å². The zero-order chi connectivity index (χ0) is 15.9. The van der Waals surface area contributed by atoms with Crippen LogP contribution in [0.15, 0.2) is 30.3 Å². The molecule has 0 aliphatic heterocycles. The number of anilines is 1. The molecular formula is C16H19N3O2S. The minimum Gasteiger partial charge on any atom is -0.496 e. The van der Waals surface area contributed by atoms with Crippen molar-refractivity contribution < 1.29 is 9.53 Å². The molecule has 0 aliphatic rings. The molecule has 116 valence electrons. The predicted molar refractivity (Wildman–Crippen MR) is 89.1 cm³/mol. The number of amides is 1. The average molecular weight is 317 g/mol. The minimum atomic E-state index is -0.238. The van der Waals surface area contributed by atoms with E-state index in [1.54, 1.807) is 13.2 Å². The van der Waals surface area contributed by atoms with E-state index in [4.69, 9.17) is 4.74 Å². The summed E-state index contributed by atoms with van der Waals surface area (Å²) >= 11 is 1.41. The summed E-state index contributed by atoms with van der Waals surface area (Å²) in [5.74, 6) is 1.00. The number of carbonyl (C=O) groups excluding carboxylic acids is 1. The molecule has 0 fully saturated rings. The van der Waals surface area contributed by atoms with Crippen molar-refractivity contribution in [3.63, 3.8) is 0 Å². The number of aromatic nitrogens is 2. The van der Waals surface area contributed by atoms with Crippen LogP contribution in [0.5, 0.6) is 5.75 Å². The molecule has 1 heterocycles. The lowest BCUT2D eigenvalue weighted by Crippen LogP contribution is -2.07. The Balaban J connectivity index is 1.97. The smallest absolute Gasteiger partial charge is 0.250 e. The zero-order valence-corrected chi connectivity index (χ0v) is 13.7. The first-order valence-corrected chi connectivity index (χ1v) is 7.84. The molecule has 0 bridgehead atoms. The van der Waals surface area contributed by atoms with E-state index >= 15 is 0 Å². The summed E-state index contributed by atoms with van der Waals surface area (Å²) in [6.07, 6.45) is 4.04. The van der Waals surface area contributed by atoms with Crippen molar-refractivity contribution in [2.45, 2.75) is 20.3 Å². The van der Waals surface area contributed by atoms with E-state index in [2.05, 4.69) is 29.4 Å². The maximum Gasteiger partial charge on any atom is 0.250 e. The van der Waals surface area contributed by atoms with Crippen LogP contribution in [0.4, 0.5) is 5.13 Å². The van der Waals surface area contributed by atoms with Crippen LogP contribution in [-0.4, -0.2) is 23.2 Å². The Morgan fingerprint density at radius 2 is 2.14 bits per heavy atom. The highest BCUT2D eigenvalue weighted by molar-refractivity contribution is 7.15. The zero-order valence-electron chi connectivity index (χ0n) is 12.9. The van der Waals surface area contributed by atoms with Gasteiger partial charge in [-0.15, -0.1) is 10.2 Å². The van der Waals surface area contributed by atoms with Crippen LogP contribution in [0, 0.1) is 5.92 Å². The molecule has 22 heavy (non-hydrogen) atoms. The number of ether oxygens (including phenoxy) is 1. The van der Waals surface area contributed by atoms with Gasteiger partial charge in [-0.05, 0) is 18.1 Å². The van der Waals surface area contributed by atoms with E-state index in [-0.39, 0.29) is 5.91 Å². The molecule has 6 heteroatoms. The van der Waals surface area contributed by atoms with Crippen molar-refractivity contribution in [2.75, 3.05) is 12.4 Å². The lowest BCUT2D eigenvalue weighted by atomic mass is 10.1. The molecule has 0 saturated heterocycles. The van der Waals surface area contributed by atoms with Gasteiger partial charge >= 0.3 is 0 Å². The molecule has 1 amide bonds. The van der Waals surface area contributed by atoms with E-state index in [0.717, 1.165) is 22.7 Å². The summed E-state index contributed by atoms with van der Waals surface area (Å²) < 4.78 is 5.23. The molecule has 0 radical (unpaired) electrons. The number of methoxy groups -OCH3 is 1. The van der Waals surface area contributed by atoms with Gasteiger partial charge in [0.1, 0.15) is 10.8 Å². The number of hydrogen-bond acceptors (Lipinski definition) is 5. The van der Waals surface area contributed by atoms with Gasteiger partial charge in [0.25, 0.3) is 0 Å². The number of nitrogens with zero attached hydrogens (tertiary/aromatic N) is 2. The largest absolute Gasteiger partial charge is 0.496 e. The normalized spacial score (nSPS) is 11.1.